The molecule has 0 N–H and O–H groups in total. The molecule has 0 aliphatic carbocycles. The smallest absolute Gasteiger partial charge is 0.253 e. The van der Waals surface area contributed by atoms with Crippen molar-refractivity contribution in [3.05, 3.63) is 29.6 Å². The molecule has 1 aromatic heterocycles. The van der Waals surface area contributed by atoms with Crippen molar-refractivity contribution in [2.45, 2.75) is 26.3 Å². The van der Waals surface area contributed by atoms with Crippen LogP contribution in [-0.4, -0.2) is 83.0 Å². The number of amides is 1. The van der Waals surface area contributed by atoms with E-state index in [2.05, 4.69) is 9.47 Å². The number of carbonyl (C=O) groups is 1. The summed E-state index contributed by atoms with van der Waals surface area (Å²) in [5, 5.41) is 0. The number of hydrogen-bond donors (Lipinski definition) is 0. The third-order valence-corrected chi connectivity index (χ3v) is 7.95. The fraction of sp³-hybridized carbons (Fsp3) is 0.600. The topological polar surface area (TPSA) is 78.8 Å². The van der Waals surface area contributed by atoms with Crippen molar-refractivity contribution < 1.29 is 13.2 Å². The minimum Gasteiger partial charge on any atom is -0.339 e. The van der Waals surface area contributed by atoms with Crippen LogP contribution in [0.4, 0.5) is 0 Å². The lowest BCUT2D eigenvalue weighted by Gasteiger charge is -2.33. The average molecular weight is 420 g/mol. The number of piperazine rings is 1. The Morgan fingerprint density at radius 3 is 2.41 bits per heavy atom. The van der Waals surface area contributed by atoms with Crippen LogP contribution in [0.3, 0.4) is 0 Å². The standard InChI is InChI=1S/C20H29N5O3S/c1-3-29(27,28)25-12-10-23(11-13-25)15-19-21-17-14-16(6-7-18(17)22(19)2)20(26)24-8-4-5-9-24/h6-7,14H,3-5,8-13,15H2,1-2H3. The first kappa shape index (κ1) is 20.3. The Bertz CT molecular complexity index is 1000. The van der Waals surface area contributed by atoms with Crippen LogP contribution >= 0.6 is 0 Å². The number of rotatable bonds is 5. The van der Waals surface area contributed by atoms with Gasteiger partial charge in [0.15, 0.2) is 0 Å². The minimum atomic E-state index is -3.12. The first-order valence-electron chi connectivity index (χ1n) is 10.3. The van der Waals surface area contributed by atoms with Gasteiger partial charge in [0.2, 0.25) is 10.0 Å². The molecular weight excluding hydrogens is 390 g/mol. The zero-order chi connectivity index (χ0) is 20.6. The molecule has 3 heterocycles. The van der Waals surface area contributed by atoms with Gasteiger partial charge in [0.25, 0.3) is 5.91 Å². The summed E-state index contributed by atoms with van der Waals surface area (Å²) in [5.41, 5.74) is 2.53. The molecule has 0 radical (unpaired) electrons. The molecule has 158 valence electrons. The molecule has 9 heteroatoms. The van der Waals surface area contributed by atoms with Gasteiger partial charge in [-0.15, -0.1) is 0 Å². The summed E-state index contributed by atoms with van der Waals surface area (Å²) in [6.45, 7) is 6.46. The van der Waals surface area contributed by atoms with Crippen molar-refractivity contribution in [1.82, 2.24) is 23.7 Å². The monoisotopic (exact) mass is 419 g/mol. The van der Waals surface area contributed by atoms with Gasteiger partial charge in [0, 0.05) is 51.9 Å². The number of likely N-dealkylation sites (tertiary alicyclic amines) is 1. The second-order valence-electron chi connectivity index (χ2n) is 7.87. The Kier molecular flexibility index (Phi) is 5.63. The fourth-order valence-corrected chi connectivity index (χ4v) is 5.26. The zero-order valence-corrected chi connectivity index (χ0v) is 18.0. The molecule has 0 saturated carbocycles. The van der Waals surface area contributed by atoms with Crippen molar-refractivity contribution in [3.63, 3.8) is 0 Å². The molecule has 8 nitrogen and oxygen atoms in total. The van der Waals surface area contributed by atoms with Crippen LogP contribution in [0.25, 0.3) is 11.0 Å². The summed E-state index contributed by atoms with van der Waals surface area (Å²) in [7, 11) is -1.13. The maximum atomic E-state index is 12.7. The summed E-state index contributed by atoms with van der Waals surface area (Å²) in [6.07, 6.45) is 2.16. The summed E-state index contributed by atoms with van der Waals surface area (Å²) in [4.78, 5) is 21.6. The number of fused-ring (bicyclic) bond motifs is 1. The van der Waals surface area contributed by atoms with Crippen molar-refractivity contribution in [2.24, 2.45) is 7.05 Å². The highest BCUT2D eigenvalue weighted by atomic mass is 32.2. The van der Waals surface area contributed by atoms with Crippen LogP contribution < -0.4 is 0 Å². The summed E-state index contributed by atoms with van der Waals surface area (Å²) < 4.78 is 27.7. The Labute approximate surface area is 172 Å². The van der Waals surface area contributed by atoms with Gasteiger partial charge in [0.1, 0.15) is 5.82 Å². The molecule has 29 heavy (non-hydrogen) atoms. The number of imidazole rings is 1. The van der Waals surface area contributed by atoms with Crippen LogP contribution in [-0.2, 0) is 23.6 Å². The van der Waals surface area contributed by atoms with Crippen LogP contribution in [0.15, 0.2) is 18.2 Å². The SMILES string of the molecule is CCS(=O)(=O)N1CCN(Cc2nc3cc(C(=O)N4CCCC4)ccc3n2C)CC1. The van der Waals surface area contributed by atoms with E-state index in [1.54, 1.807) is 11.2 Å². The highest BCUT2D eigenvalue weighted by Gasteiger charge is 2.26. The van der Waals surface area contributed by atoms with E-state index < -0.39 is 10.0 Å². The second kappa shape index (κ2) is 8.04. The lowest BCUT2D eigenvalue weighted by Crippen LogP contribution is -2.48. The molecule has 0 bridgehead atoms. The summed E-state index contributed by atoms with van der Waals surface area (Å²) >= 11 is 0. The predicted octanol–water partition coefficient (Wildman–Crippen LogP) is 1.28. The maximum Gasteiger partial charge on any atom is 0.253 e. The quantitative estimate of drug-likeness (QED) is 0.729. The molecule has 2 aromatic rings. The first-order chi connectivity index (χ1) is 13.9. The van der Waals surface area contributed by atoms with Gasteiger partial charge in [-0.3, -0.25) is 9.69 Å². The molecule has 0 spiro atoms. The van der Waals surface area contributed by atoms with Crippen LogP contribution in [0.1, 0.15) is 35.9 Å². The Morgan fingerprint density at radius 2 is 1.76 bits per heavy atom. The molecule has 4 rings (SSSR count). The number of benzene rings is 1. The van der Waals surface area contributed by atoms with E-state index in [0.29, 0.717) is 38.3 Å². The molecule has 2 fully saturated rings. The molecule has 1 amide bonds. The van der Waals surface area contributed by atoms with Crippen LogP contribution in [0.5, 0.6) is 0 Å². The van der Waals surface area contributed by atoms with E-state index >= 15 is 0 Å². The Balaban J connectivity index is 1.47. The lowest BCUT2D eigenvalue weighted by atomic mass is 10.2. The first-order valence-corrected chi connectivity index (χ1v) is 11.9. The Morgan fingerprint density at radius 1 is 1.07 bits per heavy atom. The highest BCUT2D eigenvalue weighted by Crippen LogP contribution is 2.21. The zero-order valence-electron chi connectivity index (χ0n) is 17.2. The average Bonchev–Trinajstić information content (AvgIpc) is 3.37. The molecule has 2 saturated heterocycles. The van der Waals surface area contributed by atoms with Gasteiger partial charge >= 0.3 is 0 Å². The van der Waals surface area contributed by atoms with Crippen molar-refractivity contribution in [2.75, 3.05) is 45.0 Å². The van der Waals surface area contributed by atoms with E-state index in [1.165, 1.54) is 0 Å². The van der Waals surface area contributed by atoms with E-state index in [9.17, 15) is 13.2 Å². The number of hydrogen-bond acceptors (Lipinski definition) is 5. The van der Waals surface area contributed by atoms with E-state index in [1.807, 2.05) is 30.1 Å². The van der Waals surface area contributed by atoms with Gasteiger partial charge < -0.3 is 9.47 Å². The van der Waals surface area contributed by atoms with E-state index in [0.717, 1.165) is 42.8 Å². The lowest BCUT2D eigenvalue weighted by molar-refractivity contribution is 0.0793. The number of aryl methyl sites for hydroxylation is 1. The number of carbonyl (C=O) groups excluding carboxylic acids is 1. The predicted molar refractivity (Wildman–Crippen MR) is 112 cm³/mol. The fourth-order valence-electron chi connectivity index (χ4n) is 4.18. The van der Waals surface area contributed by atoms with Crippen LogP contribution in [0, 0.1) is 0 Å². The number of aromatic nitrogens is 2. The molecular formula is C20H29N5O3S. The molecule has 2 aliphatic rings. The number of nitrogens with zero attached hydrogens (tertiary/aromatic N) is 5. The highest BCUT2D eigenvalue weighted by molar-refractivity contribution is 7.89. The summed E-state index contributed by atoms with van der Waals surface area (Å²) in [5.74, 6) is 1.17. The minimum absolute atomic E-state index is 0.0878. The molecule has 0 atom stereocenters. The number of sulfonamides is 1. The van der Waals surface area contributed by atoms with Gasteiger partial charge in [-0.2, -0.15) is 4.31 Å². The third-order valence-electron chi connectivity index (χ3n) is 6.07. The normalized spacial score (nSPS) is 19.3. The van der Waals surface area contributed by atoms with Crippen LogP contribution in [0.2, 0.25) is 0 Å². The molecule has 0 unspecified atom stereocenters. The third kappa shape index (κ3) is 4.04. The van der Waals surface area contributed by atoms with Crippen molar-refractivity contribution in [3.8, 4) is 0 Å². The largest absolute Gasteiger partial charge is 0.339 e. The van der Waals surface area contributed by atoms with E-state index in [-0.39, 0.29) is 11.7 Å². The molecule has 1 aromatic carbocycles. The van der Waals surface area contributed by atoms with Gasteiger partial charge in [-0.1, -0.05) is 0 Å². The van der Waals surface area contributed by atoms with Gasteiger partial charge in [-0.25, -0.2) is 13.4 Å². The summed E-state index contributed by atoms with van der Waals surface area (Å²) in [6, 6.07) is 5.76. The Hall–Kier alpha value is -1.97. The van der Waals surface area contributed by atoms with Crippen molar-refractivity contribution in [1.29, 1.82) is 0 Å². The molecule has 2 aliphatic heterocycles. The van der Waals surface area contributed by atoms with E-state index in [4.69, 9.17) is 4.98 Å². The second-order valence-corrected chi connectivity index (χ2v) is 10.1. The van der Waals surface area contributed by atoms with Gasteiger partial charge in [0.05, 0.1) is 23.3 Å². The maximum absolute atomic E-state index is 12.7. The van der Waals surface area contributed by atoms with Crippen molar-refractivity contribution >= 4 is 27.0 Å². The van der Waals surface area contributed by atoms with Gasteiger partial charge in [-0.05, 0) is 38.0 Å².